The third-order valence-corrected chi connectivity index (χ3v) is 3.16. The normalized spacial score (nSPS) is 20.9. The van der Waals surface area contributed by atoms with E-state index >= 15 is 0 Å². The molecule has 1 amide bonds. The fraction of sp³-hybridized carbons (Fsp3) is 0.875. The Kier molecular flexibility index (Phi) is 3.69. The molecule has 1 heterocycles. The van der Waals surface area contributed by atoms with E-state index in [-0.39, 0.29) is 6.54 Å². The summed E-state index contributed by atoms with van der Waals surface area (Å²) in [4.78, 5) is 11.7. The second-order valence-corrected chi connectivity index (χ2v) is 5.55. The van der Waals surface area contributed by atoms with Crippen LogP contribution >= 0.6 is 0 Å². The van der Waals surface area contributed by atoms with Crippen LogP contribution in [0, 0.1) is 5.41 Å². The molecule has 1 aliphatic heterocycles. The number of nitrogens with two attached hydrogens (primary N) is 1. The molecule has 1 saturated heterocycles. The molecule has 1 rings (SSSR count). The molecule has 0 bridgehead atoms. The van der Waals surface area contributed by atoms with Crippen molar-refractivity contribution < 1.29 is 17.9 Å². The Labute approximate surface area is 89.2 Å². The molecule has 0 spiro atoms. The number of nitrogens with one attached hydrogen (secondary N) is 1. The van der Waals surface area contributed by atoms with Crippen molar-refractivity contribution in [1.29, 1.82) is 0 Å². The minimum absolute atomic E-state index is 0.137. The minimum atomic E-state index is -3.52. The van der Waals surface area contributed by atoms with Gasteiger partial charge in [0.05, 0.1) is 11.7 Å². The largest absolute Gasteiger partial charge is 0.381 e. The van der Waals surface area contributed by atoms with E-state index in [0.717, 1.165) is 6.26 Å². The Balaban J connectivity index is 2.77. The summed E-state index contributed by atoms with van der Waals surface area (Å²) in [6.07, 6.45) is 1.88. The average molecular weight is 236 g/mol. The Morgan fingerprint density at radius 3 is 2.40 bits per heavy atom. The highest BCUT2D eigenvalue weighted by molar-refractivity contribution is 7.89. The average Bonchev–Trinajstić information content (AvgIpc) is 2.16. The molecule has 0 saturated carbocycles. The maximum absolute atomic E-state index is 11.7. The van der Waals surface area contributed by atoms with E-state index in [1.165, 1.54) is 0 Å². The molecule has 1 aliphatic rings. The lowest BCUT2D eigenvalue weighted by molar-refractivity contribution is -0.133. The van der Waals surface area contributed by atoms with Gasteiger partial charge in [0, 0.05) is 19.8 Å². The minimum Gasteiger partial charge on any atom is -0.381 e. The van der Waals surface area contributed by atoms with Crippen molar-refractivity contribution in [2.75, 3.05) is 26.0 Å². The van der Waals surface area contributed by atoms with Crippen molar-refractivity contribution in [3.63, 3.8) is 0 Å². The molecule has 0 radical (unpaired) electrons. The van der Waals surface area contributed by atoms with Gasteiger partial charge in [0.25, 0.3) is 0 Å². The zero-order valence-corrected chi connectivity index (χ0v) is 9.47. The smallest absolute Gasteiger partial charge is 0.241 e. The fourth-order valence-electron chi connectivity index (χ4n) is 1.56. The van der Waals surface area contributed by atoms with Crippen LogP contribution in [0.3, 0.4) is 0 Å². The van der Waals surface area contributed by atoms with Gasteiger partial charge in [-0.2, -0.15) is 0 Å². The van der Waals surface area contributed by atoms with E-state index < -0.39 is 21.3 Å². The molecule has 0 aromatic heterocycles. The Bertz CT molecular complexity index is 333. The van der Waals surface area contributed by atoms with Gasteiger partial charge >= 0.3 is 0 Å². The van der Waals surface area contributed by atoms with Crippen LogP contribution in [0.25, 0.3) is 0 Å². The first-order valence-corrected chi connectivity index (χ1v) is 6.59. The van der Waals surface area contributed by atoms with Crippen LogP contribution in [-0.4, -0.2) is 40.3 Å². The highest BCUT2D eigenvalue weighted by Crippen LogP contribution is 2.29. The lowest BCUT2D eigenvalue weighted by Crippen LogP contribution is -2.50. The predicted molar refractivity (Wildman–Crippen MR) is 54.5 cm³/mol. The van der Waals surface area contributed by atoms with Crippen LogP contribution in [0.5, 0.6) is 0 Å². The molecule has 88 valence electrons. The maximum atomic E-state index is 11.7. The van der Waals surface area contributed by atoms with Gasteiger partial charge < -0.3 is 10.5 Å². The predicted octanol–water partition coefficient (Wildman–Crippen LogP) is -1.18. The number of sulfonamides is 1. The summed E-state index contributed by atoms with van der Waals surface area (Å²) < 4.78 is 29.0. The molecule has 0 aliphatic carbocycles. The topological polar surface area (TPSA) is 98.5 Å². The van der Waals surface area contributed by atoms with Gasteiger partial charge in [-0.1, -0.05) is 0 Å². The van der Waals surface area contributed by atoms with Crippen LogP contribution in [-0.2, 0) is 19.6 Å². The molecular formula is C8H16N2O4S. The summed E-state index contributed by atoms with van der Waals surface area (Å²) in [6, 6.07) is 0. The molecule has 6 nitrogen and oxygen atoms in total. The van der Waals surface area contributed by atoms with E-state index in [0.29, 0.717) is 26.1 Å². The zero-order chi connectivity index (χ0) is 11.5. The molecule has 15 heavy (non-hydrogen) atoms. The number of carbonyl (C=O) groups excluding carboxylic acids is 1. The number of ether oxygens (including phenoxy) is 1. The van der Waals surface area contributed by atoms with E-state index in [9.17, 15) is 13.2 Å². The first-order chi connectivity index (χ1) is 6.90. The molecule has 1 fully saturated rings. The Morgan fingerprint density at radius 1 is 1.47 bits per heavy atom. The highest BCUT2D eigenvalue weighted by atomic mass is 32.2. The van der Waals surface area contributed by atoms with Gasteiger partial charge in [-0.05, 0) is 12.8 Å². The summed E-state index contributed by atoms with van der Waals surface area (Å²) in [5, 5.41) is 0. The second kappa shape index (κ2) is 4.46. The van der Waals surface area contributed by atoms with Gasteiger partial charge in [0.15, 0.2) is 0 Å². The van der Waals surface area contributed by atoms with E-state index in [4.69, 9.17) is 10.5 Å². The van der Waals surface area contributed by atoms with Crippen molar-refractivity contribution >= 4 is 15.9 Å². The Morgan fingerprint density at radius 2 is 2.00 bits per heavy atom. The molecule has 0 aromatic carbocycles. The zero-order valence-electron chi connectivity index (χ0n) is 8.65. The second-order valence-electron chi connectivity index (χ2n) is 3.80. The van der Waals surface area contributed by atoms with Gasteiger partial charge in [-0.15, -0.1) is 0 Å². The summed E-state index contributed by atoms with van der Waals surface area (Å²) >= 11 is 0. The molecular weight excluding hydrogens is 220 g/mol. The summed E-state index contributed by atoms with van der Waals surface area (Å²) in [5.74, 6) is -0.518. The van der Waals surface area contributed by atoms with Crippen LogP contribution in [0.4, 0.5) is 0 Å². The third-order valence-electron chi connectivity index (χ3n) is 2.60. The van der Waals surface area contributed by atoms with Crippen molar-refractivity contribution in [2.24, 2.45) is 11.1 Å². The van der Waals surface area contributed by atoms with Gasteiger partial charge in [-0.3, -0.25) is 9.52 Å². The van der Waals surface area contributed by atoms with Crippen molar-refractivity contribution in [3.05, 3.63) is 0 Å². The standard InChI is InChI=1S/C8H16N2O4S/c1-15(12,13)10-7(11)8(6-9)2-4-14-5-3-8/h2-6,9H2,1H3,(H,10,11). The quantitative estimate of drug-likeness (QED) is 0.642. The lowest BCUT2D eigenvalue weighted by Gasteiger charge is -2.33. The number of hydrogen-bond donors (Lipinski definition) is 2. The monoisotopic (exact) mass is 236 g/mol. The number of carbonyl (C=O) groups is 1. The van der Waals surface area contributed by atoms with E-state index in [2.05, 4.69) is 0 Å². The molecule has 3 N–H and O–H groups in total. The van der Waals surface area contributed by atoms with Crippen LogP contribution in [0.15, 0.2) is 0 Å². The van der Waals surface area contributed by atoms with Crippen molar-refractivity contribution in [1.82, 2.24) is 4.72 Å². The summed E-state index contributed by atoms with van der Waals surface area (Å²) in [7, 11) is -3.52. The SMILES string of the molecule is CS(=O)(=O)NC(=O)C1(CN)CCOCC1. The Hall–Kier alpha value is -0.660. The maximum Gasteiger partial charge on any atom is 0.241 e. The lowest BCUT2D eigenvalue weighted by atomic mass is 9.80. The third kappa shape index (κ3) is 3.15. The molecule has 0 aromatic rings. The number of rotatable bonds is 3. The van der Waals surface area contributed by atoms with Gasteiger partial charge in [0.2, 0.25) is 15.9 Å². The van der Waals surface area contributed by atoms with Crippen molar-refractivity contribution in [2.45, 2.75) is 12.8 Å². The van der Waals surface area contributed by atoms with Crippen molar-refractivity contribution in [3.8, 4) is 0 Å². The first-order valence-electron chi connectivity index (χ1n) is 4.70. The van der Waals surface area contributed by atoms with Gasteiger partial charge in [-0.25, -0.2) is 8.42 Å². The molecule has 0 unspecified atom stereocenters. The summed E-state index contributed by atoms with van der Waals surface area (Å²) in [6.45, 7) is 1.01. The summed E-state index contributed by atoms with van der Waals surface area (Å²) in [5.41, 5.74) is 4.76. The van der Waals surface area contributed by atoms with Crippen LogP contribution in [0.2, 0.25) is 0 Å². The number of hydrogen-bond acceptors (Lipinski definition) is 5. The van der Waals surface area contributed by atoms with Crippen LogP contribution in [0.1, 0.15) is 12.8 Å². The molecule has 0 atom stereocenters. The van der Waals surface area contributed by atoms with E-state index in [1.807, 2.05) is 4.72 Å². The fourth-order valence-corrected chi connectivity index (χ4v) is 2.12. The van der Waals surface area contributed by atoms with Gasteiger partial charge in [0.1, 0.15) is 0 Å². The number of amides is 1. The highest BCUT2D eigenvalue weighted by Gasteiger charge is 2.39. The first kappa shape index (κ1) is 12.4. The van der Waals surface area contributed by atoms with E-state index in [1.54, 1.807) is 0 Å². The molecule has 7 heteroatoms. The van der Waals surface area contributed by atoms with Crippen LogP contribution < -0.4 is 10.5 Å².